The first-order valence-corrected chi connectivity index (χ1v) is 7.77. The zero-order valence-corrected chi connectivity index (χ0v) is 14.5. The molecule has 0 amide bonds. The summed E-state index contributed by atoms with van der Waals surface area (Å²) in [5.41, 5.74) is 0.261. The second kappa shape index (κ2) is 6.42. The Bertz CT molecular complexity index is 708. The molecule has 116 valence electrons. The van der Waals surface area contributed by atoms with E-state index in [0.717, 1.165) is 0 Å². The monoisotopic (exact) mass is 397 g/mol. The minimum atomic E-state index is -2.25. The predicted molar refractivity (Wildman–Crippen MR) is 89.2 cm³/mol. The lowest BCUT2D eigenvalue weighted by atomic mass is 9.90. The molecular weight excluding hydrogens is 391 g/mol. The Hall–Kier alpha value is -0.710. The fraction of sp³-hybridized carbons (Fsp3) is 0.143. The van der Waals surface area contributed by atoms with Gasteiger partial charge in [-0.3, -0.25) is 4.98 Å². The number of pyridine rings is 1. The number of benzene rings is 1. The van der Waals surface area contributed by atoms with Crippen molar-refractivity contribution in [2.24, 2.45) is 0 Å². The van der Waals surface area contributed by atoms with Crippen molar-refractivity contribution >= 4 is 64.0 Å². The normalized spacial score (nSPS) is 14.4. The quantitative estimate of drug-likeness (QED) is 0.716. The number of carboxylic acids is 1. The molecule has 1 heterocycles. The zero-order chi connectivity index (χ0) is 16.5. The van der Waals surface area contributed by atoms with Crippen molar-refractivity contribution in [3.05, 3.63) is 63.9 Å². The molecule has 2 rings (SSSR count). The summed E-state index contributed by atoms with van der Waals surface area (Å²) < 4.78 is -2.02. The molecular formula is C14H8Cl5NO2. The average Bonchev–Trinajstić information content (AvgIpc) is 2.49. The molecule has 0 aliphatic heterocycles. The highest BCUT2D eigenvalue weighted by Crippen LogP contribution is 2.55. The molecule has 0 spiro atoms. The zero-order valence-electron chi connectivity index (χ0n) is 10.7. The second-order valence-electron chi connectivity index (χ2n) is 4.38. The average molecular weight is 399 g/mol. The minimum absolute atomic E-state index is 0.00218. The van der Waals surface area contributed by atoms with Gasteiger partial charge in [0.25, 0.3) is 0 Å². The van der Waals surface area contributed by atoms with Crippen molar-refractivity contribution in [1.82, 2.24) is 4.98 Å². The molecule has 1 atom stereocenters. The lowest BCUT2D eigenvalue weighted by Gasteiger charge is -2.35. The van der Waals surface area contributed by atoms with E-state index in [9.17, 15) is 9.90 Å². The third-order valence-electron chi connectivity index (χ3n) is 3.09. The standard InChI is InChI=1S/C14H8Cl5NO2/c15-10-3-1-2-9(11(10)16)13(17,12(21)22)14(18,19)8-4-6-20-7-5-8/h1-7H,(H,21,22). The molecule has 0 saturated carbocycles. The minimum Gasteiger partial charge on any atom is -0.480 e. The molecule has 1 aromatic carbocycles. The molecule has 3 nitrogen and oxygen atoms in total. The van der Waals surface area contributed by atoms with Crippen LogP contribution in [0.15, 0.2) is 42.7 Å². The molecule has 1 unspecified atom stereocenters. The summed E-state index contributed by atoms with van der Waals surface area (Å²) in [7, 11) is 0. The fourth-order valence-electron chi connectivity index (χ4n) is 1.95. The second-order valence-corrected chi connectivity index (χ2v) is 7.05. The molecule has 0 radical (unpaired) electrons. The summed E-state index contributed by atoms with van der Waals surface area (Å²) in [4.78, 5) is 13.5. The van der Waals surface area contributed by atoms with Gasteiger partial charge < -0.3 is 5.11 Å². The lowest BCUT2D eigenvalue weighted by molar-refractivity contribution is -0.141. The number of carbonyl (C=O) groups is 1. The maximum atomic E-state index is 11.9. The van der Waals surface area contributed by atoms with Gasteiger partial charge in [0.1, 0.15) is 0 Å². The smallest absolute Gasteiger partial charge is 0.332 e. The van der Waals surface area contributed by atoms with Crippen LogP contribution in [0, 0.1) is 0 Å². The Morgan fingerprint density at radius 1 is 1.05 bits per heavy atom. The van der Waals surface area contributed by atoms with E-state index in [-0.39, 0.29) is 21.2 Å². The Balaban J connectivity index is 2.73. The van der Waals surface area contributed by atoms with Gasteiger partial charge in [-0.25, -0.2) is 4.79 Å². The van der Waals surface area contributed by atoms with Crippen LogP contribution in [0.25, 0.3) is 0 Å². The number of rotatable bonds is 4. The van der Waals surface area contributed by atoms with Crippen LogP contribution in [0.4, 0.5) is 0 Å². The van der Waals surface area contributed by atoms with Crippen LogP contribution in [0.3, 0.4) is 0 Å². The van der Waals surface area contributed by atoms with Crippen LogP contribution in [0.5, 0.6) is 0 Å². The number of hydrogen-bond donors (Lipinski definition) is 1. The van der Waals surface area contributed by atoms with Crippen molar-refractivity contribution in [2.45, 2.75) is 9.21 Å². The molecule has 8 heteroatoms. The summed E-state index contributed by atoms with van der Waals surface area (Å²) in [5, 5.41) is 9.80. The molecule has 2 aromatic rings. The number of halogens is 5. The Morgan fingerprint density at radius 2 is 1.64 bits per heavy atom. The highest BCUT2D eigenvalue weighted by Gasteiger charge is 2.58. The summed E-state index contributed by atoms with van der Waals surface area (Å²) in [5.74, 6) is -1.46. The Kier molecular flexibility index (Phi) is 5.15. The van der Waals surface area contributed by atoms with Crippen LogP contribution < -0.4 is 0 Å². The number of nitrogens with zero attached hydrogens (tertiary/aromatic N) is 1. The third kappa shape index (κ3) is 2.77. The van der Waals surface area contributed by atoms with Crippen LogP contribution in [-0.2, 0) is 14.0 Å². The first-order valence-electron chi connectivity index (χ1n) is 5.88. The van der Waals surface area contributed by atoms with Gasteiger partial charge in [0, 0.05) is 18.0 Å². The first-order chi connectivity index (χ1) is 10.2. The molecule has 0 aliphatic carbocycles. The van der Waals surface area contributed by atoms with E-state index in [1.807, 2.05) is 0 Å². The van der Waals surface area contributed by atoms with E-state index < -0.39 is 15.2 Å². The summed E-state index contributed by atoms with van der Waals surface area (Å²) in [6, 6.07) is 7.37. The molecule has 0 aliphatic rings. The number of aromatic nitrogens is 1. The molecule has 0 bridgehead atoms. The molecule has 1 N–H and O–H groups in total. The van der Waals surface area contributed by atoms with Gasteiger partial charge in [0.05, 0.1) is 10.0 Å². The maximum absolute atomic E-state index is 11.9. The highest BCUT2D eigenvalue weighted by molar-refractivity contribution is 6.56. The summed E-state index contributed by atoms with van der Waals surface area (Å²) in [6.45, 7) is 0. The molecule has 0 saturated heterocycles. The maximum Gasteiger partial charge on any atom is 0.332 e. The first kappa shape index (κ1) is 17.6. The Labute approximate surface area is 151 Å². The van der Waals surface area contributed by atoms with Gasteiger partial charge in [-0.15, -0.1) is 0 Å². The van der Waals surface area contributed by atoms with Crippen molar-refractivity contribution in [3.8, 4) is 0 Å². The van der Waals surface area contributed by atoms with E-state index in [4.69, 9.17) is 58.0 Å². The fourth-order valence-corrected chi connectivity index (χ4v) is 3.32. The largest absolute Gasteiger partial charge is 0.480 e. The van der Waals surface area contributed by atoms with E-state index in [1.165, 1.54) is 42.7 Å². The lowest BCUT2D eigenvalue weighted by Crippen LogP contribution is -2.44. The van der Waals surface area contributed by atoms with Crippen molar-refractivity contribution < 1.29 is 9.90 Å². The van der Waals surface area contributed by atoms with Gasteiger partial charge >= 0.3 is 5.97 Å². The Morgan fingerprint density at radius 3 is 2.18 bits per heavy atom. The summed E-state index contributed by atoms with van der Waals surface area (Å²) in [6.07, 6.45) is 2.85. The van der Waals surface area contributed by atoms with Crippen LogP contribution in [-0.4, -0.2) is 16.1 Å². The summed E-state index contributed by atoms with van der Waals surface area (Å²) >= 11 is 31.1. The number of carboxylic acid groups (broad SMARTS) is 1. The predicted octanol–water partition coefficient (Wildman–Crippen LogP) is 5.24. The van der Waals surface area contributed by atoms with Crippen LogP contribution in [0.1, 0.15) is 11.1 Å². The number of alkyl halides is 3. The third-order valence-corrected chi connectivity index (χ3v) is 5.76. The van der Waals surface area contributed by atoms with Gasteiger partial charge in [0.2, 0.25) is 4.87 Å². The van der Waals surface area contributed by atoms with E-state index >= 15 is 0 Å². The van der Waals surface area contributed by atoms with Gasteiger partial charge in [-0.2, -0.15) is 0 Å². The van der Waals surface area contributed by atoms with E-state index in [0.29, 0.717) is 0 Å². The molecule has 1 aromatic heterocycles. The van der Waals surface area contributed by atoms with Gasteiger partial charge in [0.15, 0.2) is 4.33 Å². The van der Waals surface area contributed by atoms with Crippen LogP contribution in [0.2, 0.25) is 10.0 Å². The number of aliphatic carboxylic acids is 1. The van der Waals surface area contributed by atoms with Gasteiger partial charge in [-0.05, 0) is 23.8 Å². The van der Waals surface area contributed by atoms with Crippen LogP contribution >= 0.6 is 58.0 Å². The van der Waals surface area contributed by atoms with E-state index in [2.05, 4.69) is 4.98 Å². The van der Waals surface area contributed by atoms with Gasteiger partial charge in [-0.1, -0.05) is 70.1 Å². The van der Waals surface area contributed by atoms with Crippen molar-refractivity contribution in [1.29, 1.82) is 0 Å². The van der Waals surface area contributed by atoms with E-state index in [1.54, 1.807) is 0 Å². The van der Waals surface area contributed by atoms with Crippen molar-refractivity contribution in [2.75, 3.05) is 0 Å². The highest BCUT2D eigenvalue weighted by atomic mass is 35.5. The molecule has 0 fully saturated rings. The SMILES string of the molecule is O=C(O)C(Cl)(c1cccc(Cl)c1Cl)C(Cl)(Cl)c1ccncc1. The topological polar surface area (TPSA) is 50.2 Å². The molecule has 22 heavy (non-hydrogen) atoms. The van der Waals surface area contributed by atoms with Crippen molar-refractivity contribution in [3.63, 3.8) is 0 Å². The number of hydrogen-bond acceptors (Lipinski definition) is 2.